The molecule has 0 bridgehead atoms. The number of amides is 1. The Morgan fingerprint density at radius 3 is 2.52 bits per heavy atom. The van der Waals surface area contributed by atoms with Gasteiger partial charge in [-0.15, -0.1) is 0 Å². The highest BCUT2D eigenvalue weighted by atomic mass is 35.5. The molecule has 134 valence electrons. The van der Waals surface area contributed by atoms with E-state index in [0.717, 1.165) is 10.9 Å². The molecule has 0 unspecified atom stereocenters. The molecule has 9 heteroatoms. The van der Waals surface area contributed by atoms with Crippen LogP contribution in [0.5, 0.6) is 0 Å². The zero-order valence-electron chi connectivity index (χ0n) is 13.5. The number of nitrogens with one attached hydrogen (secondary N) is 1. The quantitative estimate of drug-likeness (QED) is 0.801. The van der Waals surface area contributed by atoms with Gasteiger partial charge < -0.3 is 10.4 Å². The molecule has 0 radical (unpaired) electrons. The van der Waals surface area contributed by atoms with Gasteiger partial charge in [-0.2, -0.15) is 5.10 Å². The number of halogens is 3. The Morgan fingerprint density at radius 2 is 2.00 bits per heavy atom. The van der Waals surface area contributed by atoms with Crippen molar-refractivity contribution in [3.8, 4) is 0 Å². The average Bonchev–Trinajstić information content (AvgIpc) is 2.89. The van der Waals surface area contributed by atoms with Crippen LogP contribution in [0.3, 0.4) is 0 Å². The lowest BCUT2D eigenvalue weighted by Crippen LogP contribution is -2.16. The molecule has 0 saturated carbocycles. The Hall–Kier alpha value is -2.48. The third kappa shape index (κ3) is 4.33. The van der Waals surface area contributed by atoms with E-state index in [4.69, 9.17) is 16.7 Å². The lowest BCUT2D eigenvalue weighted by Gasteiger charge is -2.11. The highest BCUT2D eigenvalue weighted by molar-refractivity contribution is 6.33. The summed E-state index contributed by atoms with van der Waals surface area (Å²) in [5.74, 6) is -1.90. The van der Waals surface area contributed by atoms with Crippen LogP contribution < -0.4 is 5.32 Å². The summed E-state index contributed by atoms with van der Waals surface area (Å²) in [6, 6.07) is 3.79. The number of nitrogens with zero attached hydrogens (tertiary/aromatic N) is 2. The van der Waals surface area contributed by atoms with E-state index in [-0.39, 0.29) is 34.3 Å². The molecular formula is C16H16ClF2N3O3. The van der Waals surface area contributed by atoms with Crippen molar-refractivity contribution in [3.05, 3.63) is 46.2 Å². The number of rotatable bonds is 6. The molecule has 0 aliphatic carbocycles. The predicted octanol–water partition coefficient (Wildman–Crippen LogP) is 4.08. The van der Waals surface area contributed by atoms with Crippen LogP contribution in [-0.2, 0) is 6.54 Å². The van der Waals surface area contributed by atoms with Crippen molar-refractivity contribution >= 4 is 29.2 Å². The van der Waals surface area contributed by atoms with E-state index >= 15 is 0 Å². The molecule has 1 aromatic carbocycles. The second-order valence-corrected chi connectivity index (χ2v) is 6.18. The number of anilines is 1. The number of hydrogen-bond donors (Lipinski definition) is 2. The van der Waals surface area contributed by atoms with Crippen molar-refractivity contribution in [3.63, 3.8) is 0 Å². The topological polar surface area (TPSA) is 84.2 Å². The number of alkyl halides is 2. The Balaban J connectivity index is 2.28. The summed E-state index contributed by atoms with van der Waals surface area (Å²) in [6.45, 7) is 3.96. The maximum atomic E-state index is 13.3. The Morgan fingerprint density at radius 1 is 1.32 bits per heavy atom. The minimum absolute atomic E-state index is 0.0742. The second kappa shape index (κ2) is 7.60. The normalized spacial score (nSPS) is 11.2. The van der Waals surface area contributed by atoms with Crippen molar-refractivity contribution in [1.82, 2.24) is 9.78 Å². The van der Waals surface area contributed by atoms with Crippen LogP contribution in [0.15, 0.2) is 24.4 Å². The summed E-state index contributed by atoms with van der Waals surface area (Å²) in [5.41, 5.74) is -0.636. The zero-order chi connectivity index (χ0) is 18.7. The van der Waals surface area contributed by atoms with Crippen LogP contribution in [0.4, 0.5) is 14.5 Å². The predicted molar refractivity (Wildman–Crippen MR) is 88.4 cm³/mol. The molecule has 0 fully saturated rings. The van der Waals surface area contributed by atoms with Crippen molar-refractivity contribution in [2.75, 3.05) is 5.32 Å². The lowest BCUT2D eigenvalue weighted by molar-refractivity contribution is 0.0697. The van der Waals surface area contributed by atoms with Crippen molar-refractivity contribution in [2.45, 2.75) is 26.8 Å². The first-order valence-corrected chi connectivity index (χ1v) is 7.76. The van der Waals surface area contributed by atoms with E-state index < -0.39 is 24.0 Å². The summed E-state index contributed by atoms with van der Waals surface area (Å²) < 4.78 is 27.8. The largest absolute Gasteiger partial charge is 0.478 e. The molecule has 2 rings (SSSR count). The number of aromatic carboxylic acids is 1. The van der Waals surface area contributed by atoms with Crippen molar-refractivity contribution in [2.24, 2.45) is 5.92 Å². The molecule has 6 nitrogen and oxygen atoms in total. The van der Waals surface area contributed by atoms with Gasteiger partial charge in [-0.3, -0.25) is 9.48 Å². The Kier molecular flexibility index (Phi) is 5.73. The fraction of sp³-hybridized carbons (Fsp3) is 0.312. The van der Waals surface area contributed by atoms with Gasteiger partial charge in [0.15, 0.2) is 0 Å². The number of carboxylic acids is 1. The summed E-state index contributed by atoms with van der Waals surface area (Å²) >= 11 is 5.83. The summed E-state index contributed by atoms with van der Waals surface area (Å²) in [7, 11) is 0. The number of carbonyl (C=O) groups is 2. The van der Waals surface area contributed by atoms with E-state index in [0.29, 0.717) is 0 Å². The Bertz CT molecular complexity index is 806. The first-order valence-electron chi connectivity index (χ1n) is 7.38. The molecule has 1 heterocycles. The molecule has 0 saturated heterocycles. The molecule has 2 aromatic rings. The molecular weight excluding hydrogens is 356 g/mol. The van der Waals surface area contributed by atoms with Gasteiger partial charge in [0.05, 0.1) is 22.3 Å². The monoisotopic (exact) mass is 371 g/mol. The molecule has 0 aliphatic heterocycles. The number of benzene rings is 1. The molecule has 1 aromatic heterocycles. The molecule has 2 N–H and O–H groups in total. The summed E-state index contributed by atoms with van der Waals surface area (Å²) in [4.78, 5) is 23.2. The van der Waals surface area contributed by atoms with Gasteiger partial charge >= 0.3 is 5.97 Å². The van der Waals surface area contributed by atoms with Crippen LogP contribution in [0.1, 0.15) is 46.7 Å². The third-order valence-corrected chi connectivity index (χ3v) is 3.64. The minimum atomic E-state index is -2.86. The fourth-order valence-corrected chi connectivity index (χ4v) is 2.52. The lowest BCUT2D eigenvalue weighted by atomic mass is 10.2. The molecule has 1 amide bonds. The van der Waals surface area contributed by atoms with Gasteiger partial charge in [0.1, 0.15) is 5.69 Å². The van der Waals surface area contributed by atoms with E-state index in [2.05, 4.69) is 10.4 Å². The van der Waals surface area contributed by atoms with Crippen LogP contribution in [-0.4, -0.2) is 26.8 Å². The third-order valence-electron chi connectivity index (χ3n) is 3.33. The first-order chi connectivity index (χ1) is 11.7. The van der Waals surface area contributed by atoms with E-state index in [1.54, 1.807) is 0 Å². The molecule has 0 atom stereocenters. The zero-order valence-corrected chi connectivity index (χ0v) is 14.2. The maximum Gasteiger partial charge on any atom is 0.337 e. The van der Waals surface area contributed by atoms with Crippen LogP contribution in [0, 0.1) is 5.92 Å². The standard InChI is InChI=1S/C16H16ClF2N3O3/c1-8(2)7-22-13(14(18)19)11(6-20-22)15(23)21-9-3-4-10(16(24)25)12(17)5-9/h3-6,8,14H,7H2,1-2H3,(H,21,23)(H,24,25). The van der Waals surface area contributed by atoms with Crippen LogP contribution in [0.2, 0.25) is 5.02 Å². The maximum absolute atomic E-state index is 13.3. The fourth-order valence-electron chi connectivity index (χ4n) is 2.26. The van der Waals surface area contributed by atoms with E-state index in [1.165, 1.54) is 18.2 Å². The second-order valence-electron chi connectivity index (χ2n) is 5.77. The van der Waals surface area contributed by atoms with E-state index in [9.17, 15) is 18.4 Å². The van der Waals surface area contributed by atoms with Crippen molar-refractivity contribution in [1.29, 1.82) is 0 Å². The SMILES string of the molecule is CC(C)Cn1ncc(C(=O)Nc2ccc(C(=O)O)c(Cl)c2)c1C(F)F. The highest BCUT2D eigenvalue weighted by Crippen LogP contribution is 2.26. The van der Waals surface area contributed by atoms with E-state index in [1.807, 2.05) is 13.8 Å². The van der Waals surface area contributed by atoms with Gasteiger partial charge in [-0.05, 0) is 24.1 Å². The molecule has 25 heavy (non-hydrogen) atoms. The van der Waals surface area contributed by atoms with Gasteiger partial charge in [0.25, 0.3) is 12.3 Å². The van der Waals surface area contributed by atoms with Crippen molar-refractivity contribution < 1.29 is 23.5 Å². The Labute approximate surface area is 147 Å². The first kappa shape index (κ1) is 18.9. The van der Waals surface area contributed by atoms with Gasteiger partial charge in [-0.25, -0.2) is 13.6 Å². The number of aromatic nitrogens is 2. The average molecular weight is 372 g/mol. The van der Waals surface area contributed by atoms with Crippen LogP contribution in [0.25, 0.3) is 0 Å². The molecule has 0 aliphatic rings. The van der Waals surface area contributed by atoms with Crippen LogP contribution >= 0.6 is 11.6 Å². The van der Waals surface area contributed by atoms with Gasteiger partial charge in [-0.1, -0.05) is 25.4 Å². The highest BCUT2D eigenvalue weighted by Gasteiger charge is 2.25. The van der Waals surface area contributed by atoms with Gasteiger partial charge in [0, 0.05) is 12.2 Å². The molecule has 0 spiro atoms. The smallest absolute Gasteiger partial charge is 0.337 e. The summed E-state index contributed by atoms with van der Waals surface area (Å²) in [6.07, 6.45) is -1.77. The number of carbonyl (C=O) groups excluding carboxylic acids is 1. The number of carboxylic acid groups (broad SMARTS) is 1. The number of hydrogen-bond acceptors (Lipinski definition) is 3. The minimum Gasteiger partial charge on any atom is -0.478 e. The van der Waals surface area contributed by atoms with Gasteiger partial charge in [0.2, 0.25) is 0 Å². The summed E-state index contributed by atoms with van der Waals surface area (Å²) in [5, 5.41) is 15.1.